The molecule has 2 amide bonds. The van der Waals surface area contributed by atoms with E-state index in [2.05, 4.69) is 111 Å². The van der Waals surface area contributed by atoms with Crippen LogP contribution in [0.25, 0.3) is 0 Å². The highest BCUT2D eigenvalue weighted by molar-refractivity contribution is 5.77. The third-order valence-corrected chi connectivity index (χ3v) is 14.9. The van der Waals surface area contributed by atoms with Crippen LogP contribution in [0.5, 0.6) is 0 Å². The zero-order chi connectivity index (χ0) is 51.6. The van der Waals surface area contributed by atoms with Gasteiger partial charge in [0.05, 0.1) is 47.0 Å². The van der Waals surface area contributed by atoms with Gasteiger partial charge in [-0.05, 0) is 86.1 Å². The van der Waals surface area contributed by atoms with E-state index in [0.717, 1.165) is 101 Å². The fraction of sp³-hybridized carbons (Fsp3) is 0.393. The molecule has 2 aromatic carbocycles. The highest BCUT2D eigenvalue weighted by atomic mass is 16.2. The van der Waals surface area contributed by atoms with E-state index in [4.69, 9.17) is 10.5 Å². The number of piperazine rings is 2. The van der Waals surface area contributed by atoms with Gasteiger partial charge >= 0.3 is 0 Å². The molecule has 6 aromatic rings. The molecule has 380 valence electrons. The number of nitrogens with one attached hydrogen (secondary N) is 2. The zero-order valence-corrected chi connectivity index (χ0v) is 42.1. The molecular weight excluding hydrogens is 933 g/mol. The summed E-state index contributed by atoms with van der Waals surface area (Å²) in [7, 11) is 0. The number of rotatable bonds is 14. The molecule has 0 aliphatic carbocycles. The average molecular weight is 995 g/mol. The van der Waals surface area contributed by atoms with Crippen molar-refractivity contribution in [3.63, 3.8) is 0 Å². The Morgan fingerprint density at radius 1 is 0.554 bits per heavy atom. The number of benzene rings is 2. The molecule has 74 heavy (non-hydrogen) atoms. The first-order valence-corrected chi connectivity index (χ1v) is 25.7. The van der Waals surface area contributed by atoms with Crippen LogP contribution in [-0.4, -0.2) is 104 Å². The van der Waals surface area contributed by atoms with Crippen LogP contribution < -0.4 is 30.7 Å². The molecule has 0 bridgehead atoms. The Labute approximate surface area is 430 Å². The summed E-state index contributed by atoms with van der Waals surface area (Å²) in [6, 6.07) is 28.7. The quantitative estimate of drug-likeness (QED) is 0.110. The Morgan fingerprint density at radius 3 is 1.34 bits per heavy atom. The molecular formula is C56H62N14O4. The second kappa shape index (κ2) is 23.4. The lowest BCUT2D eigenvalue weighted by Crippen LogP contribution is -2.49. The number of hydrogen-bond acceptors (Lipinski definition) is 14. The number of carbonyl (C=O) groups excluding carboxylic acids is 2. The second-order valence-electron chi connectivity index (χ2n) is 19.4. The number of aromatic amines is 2. The number of nitrogens with zero attached hydrogens (tertiary/aromatic N) is 12. The molecule has 18 nitrogen and oxygen atoms in total. The van der Waals surface area contributed by atoms with Gasteiger partial charge in [-0.3, -0.25) is 19.2 Å². The number of anilines is 4. The van der Waals surface area contributed by atoms with E-state index >= 15 is 0 Å². The van der Waals surface area contributed by atoms with Crippen molar-refractivity contribution < 1.29 is 9.59 Å². The van der Waals surface area contributed by atoms with E-state index in [1.165, 1.54) is 22.3 Å². The summed E-state index contributed by atoms with van der Waals surface area (Å²) in [5.41, 5.74) is 9.01. The van der Waals surface area contributed by atoms with Crippen molar-refractivity contribution in [3.8, 4) is 12.1 Å². The topological polar surface area (TPSA) is 218 Å². The van der Waals surface area contributed by atoms with E-state index in [0.29, 0.717) is 61.3 Å². The van der Waals surface area contributed by atoms with Crippen molar-refractivity contribution >= 4 is 34.8 Å². The van der Waals surface area contributed by atoms with Gasteiger partial charge in [-0.1, -0.05) is 61.4 Å². The fourth-order valence-corrected chi connectivity index (χ4v) is 10.7. The lowest BCUT2D eigenvalue weighted by molar-refractivity contribution is -0.132. The summed E-state index contributed by atoms with van der Waals surface area (Å²) < 4.78 is 0. The normalized spacial score (nSPS) is 17.0. The molecule has 2 fully saturated rings. The van der Waals surface area contributed by atoms with Crippen molar-refractivity contribution in [1.29, 1.82) is 10.5 Å². The third-order valence-electron chi connectivity index (χ3n) is 14.9. The predicted octanol–water partition coefficient (Wildman–Crippen LogP) is 6.63. The maximum absolute atomic E-state index is 12.9. The van der Waals surface area contributed by atoms with Crippen LogP contribution in [0.4, 0.5) is 23.0 Å². The second-order valence-corrected chi connectivity index (χ2v) is 19.4. The standard InChI is InChI=1S/2C28H31N7O2/c2*1-20-25(18-31-32-28(20)37)35-19-22-6-2-3-7-23(22)24(35)8-4-5-9-27(36)34-14-12-33(13-15-34)26-11-10-21(16-29)17-30-26/h2*2-3,6-7,10-11,17-18,24H,4-5,8-9,12-15,19H2,1H3,(H,32,37)/t2*24-/m10/s1. The molecule has 4 aromatic heterocycles. The van der Waals surface area contributed by atoms with Crippen LogP contribution in [-0.2, 0) is 22.7 Å². The Balaban J connectivity index is 0.000000182. The summed E-state index contributed by atoms with van der Waals surface area (Å²) in [6.07, 6.45) is 13.1. The predicted molar refractivity (Wildman–Crippen MR) is 282 cm³/mol. The van der Waals surface area contributed by atoms with E-state index in [9.17, 15) is 19.2 Å². The summed E-state index contributed by atoms with van der Waals surface area (Å²) >= 11 is 0. The molecule has 0 radical (unpaired) electrons. The highest BCUT2D eigenvalue weighted by Gasteiger charge is 2.33. The molecule has 0 spiro atoms. The number of nitriles is 2. The maximum atomic E-state index is 12.9. The van der Waals surface area contributed by atoms with Crippen molar-refractivity contribution in [2.75, 3.05) is 72.0 Å². The molecule has 4 aliphatic rings. The first kappa shape index (κ1) is 50.6. The number of pyridine rings is 2. The first-order chi connectivity index (χ1) is 36.1. The summed E-state index contributed by atoms with van der Waals surface area (Å²) in [5.74, 6) is 2.09. The fourth-order valence-electron chi connectivity index (χ4n) is 10.7. The molecule has 2 saturated heterocycles. The number of carbonyl (C=O) groups is 2. The minimum Gasteiger partial charge on any atom is -0.358 e. The summed E-state index contributed by atoms with van der Waals surface area (Å²) in [5, 5.41) is 31.0. The van der Waals surface area contributed by atoms with E-state index in [-0.39, 0.29) is 35.0 Å². The molecule has 0 unspecified atom stereocenters. The number of aromatic nitrogens is 6. The number of H-pyrrole nitrogens is 2. The number of hydrogen-bond donors (Lipinski definition) is 2. The van der Waals surface area contributed by atoms with Crippen LogP contribution >= 0.6 is 0 Å². The Kier molecular flexibility index (Phi) is 16.0. The van der Waals surface area contributed by atoms with Crippen LogP contribution in [0.15, 0.2) is 107 Å². The molecule has 18 heteroatoms. The van der Waals surface area contributed by atoms with Gasteiger partial charge in [0.25, 0.3) is 11.1 Å². The van der Waals surface area contributed by atoms with Crippen LogP contribution in [0.3, 0.4) is 0 Å². The van der Waals surface area contributed by atoms with Gasteiger partial charge in [0.1, 0.15) is 23.8 Å². The van der Waals surface area contributed by atoms with Gasteiger partial charge < -0.3 is 29.4 Å². The van der Waals surface area contributed by atoms with Gasteiger partial charge in [0, 0.05) is 102 Å². The van der Waals surface area contributed by atoms with Crippen molar-refractivity contribution in [2.24, 2.45) is 0 Å². The van der Waals surface area contributed by atoms with Gasteiger partial charge in [-0.25, -0.2) is 20.2 Å². The van der Waals surface area contributed by atoms with Gasteiger partial charge in [0.15, 0.2) is 0 Å². The van der Waals surface area contributed by atoms with Gasteiger partial charge in [-0.15, -0.1) is 0 Å². The van der Waals surface area contributed by atoms with Crippen molar-refractivity contribution in [1.82, 2.24) is 40.2 Å². The minimum atomic E-state index is -0.159. The Hall–Kier alpha value is -8.38. The Bertz CT molecular complexity index is 2920. The molecule has 2 N–H and O–H groups in total. The van der Waals surface area contributed by atoms with Crippen molar-refractivity contribution in [3.05, 3.63) is 163 Å². The van der Waals surface area contributed by atoms with Crippen molar-refractivity contribution in [2.45, 2.75) is 90.4 Å². The van der Waals surface area contributed by atoms with Crippen LogP contribution in [0, 0.1) is 36.5 Å². The molecule has 10 rings (SSSR count). The van der Waals surface area contributed by atoms with Gasteiger partial charge in [0.2, 0.25) is 11.8 Å². The summed E-state index contributed by atoms with van der Waals surface area (Å²) in [6.45, 7) is 10.9. The monoisotopic (exact) mass is 995 g/mol. The van der Waals surface area contributed by atoms with E-state index in [1.54, 1.807) is 36.9 Å². The zero-order valence-electron chi connectivity index (χ0n) is 42.1. The number of fused-ring (bicyclic) bond motifs is 2. The highest BCUT2D eigenvalue weighted by Crippen LogP contribution is 2.42. The smallest absolute Gasteiger partial charge is 0.269 e. The first-order valence-electron chi connectivity index (χ1n) is 25.7. The van der Waals surface area contributed by atoms with E-state index < -0.39 is 0 Å². The minimum absolute atomic E-state index is 0.159. The average Bonchev–Trinajstić information content (AvgIpc) is 4.01. The van der Waals surface area contributed by atoms with Gasteiger partial charge in [-0.2, -0.15) is 20.7 Å². The largest absolute Gasteiger partial charge is 0.358 e. The summed E-state index contributed by atoms with van der Waals surface area (Å²) in [4.78, 5) is 71.6. The number of unbranched alkanes of at least 4 members (excludes halogenated alkanes) is 2. The molecule has 2 atom stereocenters. The van der Waals surface area contributed by atoms with Crippen LogP contribution in [0.1, 0.15) is 108 Å². The lowest BCUT2D eigenvalue weighted by Gasteiger charge is -2.35. The lowest BCUT2D eigenvalue weighted by atomic mass is 9.99. The maximum Gasteiger partial charge on any atom is 0.269 e. The van der Waals surface area contributed by atoms with Crippen LogP contribution in [0.2, 0.25) is 0 Å². The third kappa shape index (κ3) is 11.4. The number of amides is 2. The SMILES string of the molecule is Cc1c(N2Cc3ccccc3[C@@H]2CCCCC(=O)N2CCN(c3ccc(C#N)cn3)CC2)cn[nH]c1=O.Cc1c(N2Cc3ccccc3[C@H]2CCCCC(=O)N2CCN(c3ccc(C#N)cn3)CC2)cn[nH]c1=O. The molecule has 0 saturated carbocycles. The molecule has 4 aliphatic heterocycles. The van der Waals surface area contributed by atoms with E-state index in [1.807, 2.05) is 35.8 Å². The Morgan fingerprint density at radius 2 is 0.959 bits per heavy atom. The molecule has 8 heterocycles.